The number of aliphatic hydroxyl groups is 1. The molecule has 0 saturated carbocycles. The van der Waals surface area contributed by atoms with Crippen LogP contribution in [0.2, 0.25) is 0 Å². The molecule has 2 N–H and O–H groups in total. The average Bonchev–Trinajstić information content (AvgIpc) is 2.17. The number of carbonyl (C=O) groups excluding carboxylic acids is 1. The summed E-state index contributed by atoms with van der Waals surface area (Å²) in [5.41, 5.74) is 0.802. The van der Waals surface area contributed by atoms with E-state index in [9.17, 15) is 4.79 Å². The van der Waals surface area contributed by atoms with E-state index < -0.39 is 0 Å². The summed E-state index contributed by atoms with van der Waals surface area (Å²) in [6.45, 7) is 1.02. The Morgan fingerprint density at radius 2 is 1.94 bits per heavy atom. The minimum absolute atomic E-state index is 0.0374. The number of carbonyl (C=O) groups is 1. The van der Waals surface area contributed by atoms with Gasteiger partial charge in [-0.25, -0.2) is 0 Å². The molecular formula is C12H19N2O2+. The number of nitrogens with one attached hydrogen (secondary N) is 1. The number of likely N-dealkylation sites (N-methyl/N-ethyl adjacent to an activating group) is 1. The highest BCUT2D eigenvalue weighted by Crippen LogP contribution is 2.05. The second kappa shape index (κ2) is 5.63. The zero-order chi connectivity index (χ0) is 12.0. The molecule has 0 spiro atoms. The number of hydrogen-bond donors (Lipinski definition) is 2. The van der Waals surface area contributed by atoms with Crippen LogP contribution in [0, 0.1) is 0 Å². The molecule has 0 saturated heterocycles. The standard InChI is InChI=1S/C12H18N2O2/c1-14(2,8-9-15)10-12(16)13-11-6-4-3-5-7-11/h3-7,15H,8-10H2,1-2H3/p+1. The summed E-state index contributed by atoms with van der Waals surface area (Å²) < 4.78 is 0.481. The van der Waals surface area contributed by atoms with E-state index in [0.29, 0.717) is 17.6 Å². The van der Waals surface area contributed by atoms with Gasteiger partial charge in [0.25, 0.3) is 5.91 Å². The Kier molecular flexibility index (Phi) is 4.46. The Morgan fingerprint density at radius 3 is 2.50 bits per heavy atom. The zero-order valence-electron chi connectivity index (χ0n) is 9.81. The van der Waals surface area contributed by atoms with E-state index >= 15 is 0 Å². The number of rotatable bonds is 5. The third kappa shape index (κ3) is 4.42. The topological polar surface area (TPSA) is 49.3 Å². The van der Waals surface area contributed by atoms with Gasteiger partial charge in [0, 0.05) is 5.69 Å². The van der Waals surface area contributed by atoms with Gasteiger partial charge in [0.1, 0.15) is 6.54 Å². The Hall–Kier alpha value is -1.39. The van der Waals surface area contributed by atoms with Crippen molar-refractivity contribution in [2.75, 3.05) is 39.1 Å². The van der Waals surface area contributed by atoms with E-state index in [0.717, 1.165) is 5.69 Å². The van der Waals surface area contributed by atoms with Crippen LogP contribution in [0.5, 0.6) is 0 Å². The quantitative estimate of drug-likeness (QED) is 0.722. The molecule has 0 atom stereocenters. The molecule has 0 bridgehead atoms. The van der Waals surface area contributed by atoms with Crippen molar-refractivity contribution < 1.29 is 14.4 Å². The number of amides is 1. The van der Waals surface area contributed by atoms with E-state index in [1.54, 1.807) is 0 Å². The smallest absolute Gasteiger partial charge is 0.279 e. The van der Waals surface area contributed by atoms with Gasteiger partial charge in [0.05, 0.1) is 20.7 Å². The van der Waals surface area contributed by atoms with Crippen molar-refractivity contribution in [3.05, 3.63) is 30.3 Å². The summed E-state index contributed by atoms with van der Waals surface area (Å²) >= 11 is 0. The van der Waals surface area contributed by atoms with Crippen LogP contribution in [0.15, 0.2) is 30.3 Å². The molecule has 88 valence electrons. The molecule has 1 amide bonds. The first-order valence-electron chi connectivity index (χ1n) is 5.31. The molecule has 0 heterocycles. The number of aliphatic hydroxyl groups excluding tert-OH is 1. The van der Waals surface area contributed by atoms with Gasteiger partial charge in [-0.1, -0.05) is 18.2 Å². The van der Waals surface area contributed by atoms with Gasteiger partial charge < -0.3 is 14.9 Å². The van der Waals surface area contributed by atoms with Crippen molar-refractivity contribution in [3.63, 3.8) is 0 Å². The van der Waals surface area contributed by atoms with Crippen LogP contribution >= 0.6 is 0 Å². The molecule has 0 aliphatic heterocycles. The second-order valence-corrected chi connectivity index (χ2v) is 4.46. The SMILES string of the molecule is C[N+](C)(CCO)CC(=O)Nc1ccccc1. The van der Waals surface area contributed by atoms with Crippen LogP contribution in [0.1, 0.15) is 0 Å². The Balaban J connectivity index is 2.48. The third-order valence-corrected chi connectivity index (χ3v) is 2.33. The molecular weight excluding hydrogens is 204 g/mol. The zero-order valence-corrected chi connectivity index (χ0v) is 9.81. The molecule has 16 heavy (non-hydrogen) atoms. The van der Waals surface area contributed by atoms with Gasteiger partial charge in [-0.3, -0.25) is 4.79 Å². The number of benzene rings is 1. The maximum absolute atomic E-state index is 11.7. The highest BCUT2D eigenvalue weighted by atomic mass is 16.3. The first-order valence-corrected chi connectivity index (χ1v) is 5.31. The van der Waals surface area contributed by atoms with Crippen LogP contribution in [-0.2, 0) is 4.79 Å². The van der Waals surface area contributed by atoms with Crippen molar-refractivity contribution in [1.82, 2.24) is 0 Å². The molecule has 0 unspecified atom stereocenters. The Morgan fingerprint density at radius 1 is 1.31 bits per heavy atom. The fourth-order valence-corrected chi connectivity index (χ4v) is 1.46. The second-order valence-electron chi connectivity index (χ2n) is 4.46. The summed E-state index contributed by atoms with van der Waals surface area (Å²) in [6, 6.07) is 9.36. The predicted molar refractivity (Wildman–Crippen MR) is 64.0 cm³/mol. The lowest BCUT2D eigenvalue weighted by Gasteiger charge is -2.27. The monoisotopic (exact) mass is 223 g/mol. The number of hydrogen-bond acceptors (Lipinski definition) is 2. The van der Waals surface area contributed by atoms with Crippen molar-refractivity contribution in [2.45, 2.75) is 0 Å². The van der Waals surface area contributed by atoms with E-state index in [1.165, 1.54) is 0 Å². The highest BCUT2D eigenvalue weighted by Gasteiger charge is 2.19. The molecule has 4 nitrogen and oxygen atoms in total. The lowest BCUT2D eigenvalue weighted by Crippen LogP contribution is -2.47. The first-order chi connectivity index (χ1) is 7.53. The van der Waals surface area contributed by atoms with Gasteiger partial charge in [-0.15, -0.1) is 0 Å². The number of para-hydroxylation sites is 1. The summed E-state index contributed by atoms with van der Waals surface area (Å²) in [5.74, 6) is -0.0374. The molecule has 1 rings (SSSR count). The number of nitrogens with zero attached hydrogens (tertiary/aromatic N) is 1. The van der Waals surface area contributed by atoms with Crippen LogP contribution in [0.4, 0.5) is 5.69 Å². The third-order valence-electron chi connectivity index (χ3n) is 2.33. The van der Waals surface area contributed by atoms with Crippen molar-refractivity contribution in [2.24, 2.45) is 0 Å². The van der Waals surface area contributed by atoms with Crippen molar-refractivity contribution in [1.29, 1.82) is 0 Å². The van der Waals surface area contributed by atoms with Gasteiger partial charge in [-0.2, -0.15) is 0 Å². The van der Waals surface area contributed by atoms with Crippen LogP contribution in [0.25, 0.3) is 0 Å². The molecule has 0 aliphatic carbocycles. The molecule has 0 radical (unpaired) electrons. The predicted octanol–water partition coefficient (Wildman–Crippen LogP) is 0.694. The largest absolute Gasteiger partial charge is 0.391 e. The maximum atomic E-state index is 11.7. The fourth-order valence-electron chi connectivity index (χ4n) is 1.46. The van der Waals surface area contributed by atoms with Gasteiger partial charge in [-0.05, 0) is 12.1 Å². The minimum Gasteiger partial charge on any atom is -0.391 e. The van der Waals surface area contributed by atoms with E-state index in [-0.39, 0.29) is 12.5 Å². The van der Waals surface area contributed by atoms with Crippen molar-refractivity contribution >= 4 is 11.6 Å². The molecule has 0 aliphatic rings. The Labute approximate surface area is 96.1 Å². The van der Waals surface area contributed by atoms with Gasteiger partial charge in [0.15, 0.2) is 6.54 Å². The molecule has 0 fully saturated rings. The number of quaternary nitrogens is 1. The Bertz CT molecular complexity index is 336. The number of anilines is 1. The molecule has 1 aromatic rings. The van der Waals surface area contributed by atoms with Crippen LogP contribution in [0.3, 0.4) is 0 Å². The summed E-state index contributed by atoms with van der Waals surface area (Å²) in [6.07, 6.45) is 0. The lowest BCUT2D eigenvalue weighted by atomic mass is 10.3. The normalized spacial score (nSPS) is 11.2. The lowest BCUT2D eigenvalue weighted by molar-refractivity contribution is -0.882. The minimum atomic E-state index is -0.0374. The van der Waals surface area contributed by atoms with E-state index in [1.807, 2.05) is 44.4 Å². The summed E-state index contributed by atoms with van der Waals surface area (Å²) in [4.78, 5) is 11.7. The molecule has 4 heteroatoms. The van der Waals surface area contributed by atoms with Crippen molar-refractivity contribution in [3.8, 4) is 0 Å². The van der Waals surface area contributed by atoms with Gasteiger partial charge >= 0.3 is 0 Å². The molecule has 0 aromatic heterocycles. The van der Waals surface area contributed by atoms with Crippen LogP contribution in [-0.4, -0.2) is 49.3 Å². The summed E-state index contributed by atoms with van der Waals surface area (Å²) in [7, 11) is 3.83. The molecule has 1 aromatic carbocycles. The average molecular weight is 223 g/mol. The fraction of sp³-hybridized carbons (Fsp3) is 0.417. The maximum Gasteiger partial charge on any atom is 0.279 e. The van der Waals surface area contributed by atoms with Crippen LogP contribution < -0.4 is 5.32 Å². The first kappa shape index (κ1) is 12.7. The highest BCUT2D eigenvalue weighted by molar-refractivity contribution is 5.91. The van der Waals surface area contributed by atoms with E-state index in [4.69, 9.17) is 5.11 Å². The van der Waals surface area contributed by atoms with Gasteiger partial charge in [0.2, 0.25) is 0 Å². The van der Waals surface area contributed by atoms with E-state index in [2.05, 4.69) is 5.32 Å². The summed E-state index contributed by atoms with van der Waals surface area (Å²) in [5, 5.41) is 11.7.